The highest BCUT2D eigenvalue weighted by atomic mass is 16.4. The number of likely N-dealkylation sites (tertiary alicyclic amines) is 1. The van der Waals surface area contributed by atoms with Gasteiger partial charge in [0.1, 0.15) is 18.1 Å². The van der Waals surface area contributed by atoms with E-state index in [9.17, 15) is 19.2 Å². The Hall–Kier alpha value is -2.16. The lowest BCUT2D eigenvalue weighted by Crippen LogP contribution is -2.56. The van der Waals surface area contributed by atoms with Crippen molar-refractivity contribution in [3.05, 3.63) is 0 Å². The van der Waals surface area contributed by atoms with Gasteiger partial charge in [-0.1, -0.05) is 13.8 Å². The van der Waals surface area contributed by atoms with E-state index in [-0.39, 0.29) is 11.8 Å². The van der Waals surface area contributed by atoms with E-state index in [1.54, 1.807) is 6.92 Å². The molecule has 0 aromatic heterocycles. The summed E-state index contributed by atoms with van der Waals surface area (Å²) >= 11 is 0. The fourth-order valence-corrected chi connectivity index (χ4v) is 2.91. The number of amides is 3. The van der Waals surface area contributed by atoms with Crippen molar-refractivity contribution in [1.29, 1.82) is 0 Å². The van der Waals surface area contributed by atoms with E-state index in [2.05, 4.69) is 10.6 Å². The smallest absolute Gasteiger partial charge is 0.325 e. The molecule has 1 aliphatic heterocycles. The van der Waals surface area contributed by atoms with Crippen LogP contribution in [0.2, 0.25) is 0 Å². The number of hydrogen-bond acceptors (Lipinski definition) is 5. The van der Waals surface area contributed by atoms with Gasteiger partial charge in [0.05, 0.1) is 6.04 Å². The zero-order chi connectivity index (χ0) is 20.0. The third kappa shape index (κ3) is 5.98. The molecule has 0 bridgehead atoms. The predicted octanol–water partition coefficient (Wildman–Crippen LogP) is -0.555. The van der Waals surface area contributed by atoms with Crippen LogP contribution in [-0.2, 0) is 19.2 Å². The highest BCUT2D eigenvalue weighted by molar-refractivity contribution is 5.94. The van der Waals surface area contributed by atoms with E-state index < -0.39 is 42.0 Å². The lowest BCUT2D eigenvalue weighted by Gasteiger charge is -2.28. The standard InChI is InChI=1S/C17H30N4O5/c1-9(2)8-12(14(22)19-11(4)17(25)26)20-15(23)13-6-5-7-21(13)16(24)10(3)18/h9-13H,5-8,18H2,1-4H3,(H,19,22)(H,20,23)(H,25,26). The minimum Gasteiger partial charge on any atom is -0.480 e. The first kappa shape index (κ1) is 21.9. The maximum absolute atomic E-state index is 12.7. The molecule has 0 radical (unpaired) electrons. The molecule has 1 aliphatic rings. The van der Waals surface area contributed by atoms with Crippen molar-refractivity contribution in [2.75, 3.05) is 6.54 Å². The first-order chi connectivity index (χ1) is 12.0. The maximum Gasteiger partial charge on any atom is 0.325 e. The lowest BCUT2D eigenvalue weighted by molar-refractivity contribution is -0.142. The summed E-state index contributed by atoms with van der Waals surface area (Å²) in [7, 11) is 0. The first-order valence-electron chi connectivity index (χ1n) is 8.94. The van der Waals surface area contributed by atoms with Gasteiger partial charge in [0, 0.05) is 6.54 Å². The maximum atomic E-state index is 12.7. The summed E-state index contributed by atoms with van der Waals surface area (Å²) in [5.41, 5.74) is 5.63. The van der Waals surface area contributed by atoms with Gasteiger partial charge in [0.25, 0.3) is 0 Å². The monoisotopic (exact) mass is 370 g/mol. The van der Waals surface area contributed by atoms with Crippen LogP contribution < -0.4 is 16.4 Å². The molecule has 4 unspecified atom stereocenters. The molecule has 3 amide bonds. The molecule has 9 nitrogen and oxygen atoms in total. The molecule has 1 rings (SSSR count). The minimum absolute atomic E-state index is 0.108. The van der Waals surface area contributed by atoms with Crippen LogP contribution in [0.5, 0.6) is 0 Å². The topological polar surface area (TPSA) is 142 Å². The molecular weight excluding hydrogens is 340 g/mol. The number of carboxylic acids is 1. The summed E-state index contributed by atoms with van der Waals surface area (Å²) in [6.45, 7) is 7.17. The van der Waals surface area contributed by atoms with E-state index in [4.69, 9.17) is 10.8 Å². The van der Waals surface area contributed by atoms with Gasteiger partial charge in [-0.15, -0.1) is 0 Å². The number of carbonyl (C=O) groups excluding carboxylic acids is 3. The summed E-state index contributed by atoms with van der Waals surface area (Å²) in [6.07, 6.45) is 1.55. The second-order valence-corrected chi connectivity index (χ2v) is 7.24. The van der Waals surface area contributed by atoms with Crippen molar-refractivity contribution in [1.82, 2.24) is 15.5 Å². The summed E-state index contributed by atoms with van der Waals surface area (Å²) in [4.78, 5) is 49.6. The number of aliphatic carboxylic acids is 1. The Labute approximate surface area is 153 Å². The molecule has 0 aromatic carbocycles. The van der Waals surface area contributed by atoms with Crippen LogP contribution in [0, 0.1) is 5.92 Å². The van der Waals surface area contributed by atoms with Crippen LogP contribution in [0.15, 0.2) is 0 Å². The summed E-state index contributed by atoms with van der Waals surface area (Å²) in [5.74, 6) is -2.31. The number of carboxylic acid groups (broad SMARTS) is 1. The van der Waals surface area contributed by atoms with Crippen LogP contribution in [0.1, 0.15) is 47.0 Å². The average molecular weight is 370 g/mol. The molecule has 9 heteroatoms. The van der Waals surface area contributed by atoms with Crippen molar-refractivity contribution in [3.8, 4) is 0 Å². The minimum atomic E-state index is -1.16. The number of hydrogen-bond donors (Lipinski definition) is 4. The molecule has 148 valence electrons. The highest BCUT2D eigenvalue weighted by Gasteiger charge is 2.37. The second kappa shape index (κ2) is 9.51. The molecule has 0 aromatic rings. The summed E-state index contributed by atoms with van der Waals surface area (Å²) < 4.78 is 0. The van der Waals surface area contributed by atoms with Gasteiger partial charge in [0.15, 0.2) is 0 Å². The van der Waals surface area contributed by atoms with Crippen LogP contribution in [0.4, 0.5) is 0 Å². The molecule has 5 N–H and O–H groups in total. The molecule has 1 saturated heterocycles. The Morgan fingerprint density at radius 2 is 1.77 bits per heavy atom. The Morgan fingerprint density at radius 3 is 2.27 bits per heavy atom. The van der Waals surface area contributed by atoms with Gasteiger partial charge < -0.3 is 26.4 Å². The molecule has 26 heavy (non-hydrogen) atoms. The zero-order valence-electron chi connectivity index (χ0n) is 15.8. The summed E-state index contributed by atoms with van der Waals surface area (Å²) in [6, 6.07) is -3.28. The SMILES string of the molecule is CC(C)CC(NC(=O)C1CCCN1C(=O)C(C)N)C(=O)NC(C)C(=O)O. The zero-order valence-corrected chi connectivity index (χ0v) is 15.8. The molecule has 0 spiro atoms. The molecule has 1 fully saturated rings. The van der Waals surface area contributed by atoms with Crippen molar-refractivity contribution in [2.24, 2.45) is 11.7 Å². The second-order valence-electron chi connectivity index (χ2n) is 7.24. The van der Waals surface area contributed by atoms with E-state index in [0.717, 1.165) is 0 Å². The first-order valence-corrected chi connectivity index (χ1v) is 8.94. The number of nitrogens with one attached hydrogen (secondary N) is 2. The van der Waals surface area contributed by atoms with Crippen molar-refractivity contribution in [2.45, 2.75) is 71.1 Å². The molecule has 4 atom stereocenters. The normalized spacial score (nSPS) is 20.4. The molecule has 0 saturated carbocycles. The Kier molecular flexibility index (Phi) is 8.01. The van der Waals surface area contributed by atoms with E-state index >= 15 is 0 Å². The van der Waals surface area contributed by atoms with Crippen LogP contribution in [0.3, 0.4) is 0 Å². The molecule has 1 heterocycles. The van der Waals surface area contributed by atoms with Crippen molar-refractivity contribution >= 4 is 23.7 Å². The quantitative estimate of drug-likeness (QED) is 0.451. The van der Waals surface area contributed by atoms with Crippen LogP contribution in [-0.4, -0.2) is 64.4 Å². The fourth-order valence-electron chi connectivity index (χ4n) is 2.91. The summed E-state index contributed by atoms with van der Waals surface area (Å²) in [5, 5.41) is 14.0. The molecule has 0 aliphatic carbocycles. The van der Waals surface area contributed by atoms with E-state index in [1.807, 2.05) is 13.8 Å². The largest absolute Gasteiger partial charge is 0.480 e. The lowest BCUT2D eigenvalue weighted by atomic mass is 10.0. The van der Waals surface area contributed by atoms with E-state index in [1.165, 1.54) is 11.8 Å². The number of carbonyl (C=O) groups is 4. The Balaban J connectivity index is 2.83. The van der Waals surface area contributed by atoms with Gasteiger partial charge in [-0.3, -0.25) is 19.2 Å². The van der Waals surface area contributed by atoms with Gasteiger partial charge in [-0.25, -0.2) is 0 Å². The fraction of sp³-hybridized carbons (Fsp3) is 0.765. The Morgan fingerprint density at radius 1 is 1.15 bits per heavy atom. The van der Waals surface area contributed by atoms with Gasteiger partial charge in [-0.2, -0.15) is 0 Å². The van der Waals surface area contributed by atoms with Crippen LogP contribution >= 0.6 is 0 Å². The number of rotatable bonds is 8. The number of nitrogens with zero attached hydrogens (tertiary/aromatic N) is 1. The highest BCUT2D eigenvalue weighted by Crippen LogP contribution is 2.19. The third-order valence-electron chi connectivity index (χ3n) is 4.30. The Bertz CT molecular complexity index is 549. The number of nitrogens with two attached hydrogens (primary N) is 1. The van der Waals surface area contributed by atoms with Crippen molar-refractivity contribution < 1.29 is 24.3 Å². The molecular formula is C17H30N4O5. The predicted molar refractivity (Wildman–Crippen MR) is 95.0 cm³/mol. The van der Waals surface area contributed by atoms with Crippen LogP contribution in [0.25, 0.3) is 0 Å². The third-order valence-corrected chi connectivity index (χ3v) is 4.30. The van der Waals surface area contributed by atoms with Crippen molar-refractivity contribution in [3.63, 3.8) is 0 Å². The van der Waals surface area contributed by atoms with Gasteiger partial charge >= 0.3 is 5.97 Å². The average Bonchev–Trinajstić information content (AvgIpc) is 3.02. The van der Waals surface area contributed by atoms with E-state index in [0.29, 0.717) is 25.8 Å². The van der Waals surface area contributed by atoms with Gasteiger partial charge in [-0.05, 0) is 39.0 Å². The van der Waals surface area contributed by atoms with Gasteiger partial charge in [0.2, 0.25) is 17.7 Å².